The molecule has 0 aromatic carbocycles. The van der Waals surface area contributed by atoms with Crippen molar-refractivity contribution in [3.8, 4) is 0 Å². The van der Waals surface area contributed by atoms with Gasteiger partial charge in [0.15, 0.2) is 0 Å². The predicted octanol–water partition coefficient (Wildman–Crippen LogP) is 0.818. The minimum absolute atomic E-state index is 0.539. The Hall–Kier alpha value is -0.315. The number of hydrogen-bond acceptors (Lipinski definition) is 3. The minimum Gasteiger partial charge on any atom is -0.427 e. The van der Waals surface area contributed by atoms with Crippen molar-refractivity contribution in [2.45, 2.75) is 38.9 Å². The van der Waals surface area contributed by atoms with Crippen LogP contribution in [0.4, 0.5) is 0 Å². The Morgan fingerprint density at radius 1 is 1.43 bits per heavy atom. The first-order chi connectivity index (χ1) is 6.33. The number of hydrogen-bond donors (Lipinski definition) is 1. The molecular formula is C10H19BO3. The zero-order valence-electron chi connectivity index (χ0n) is 9.46. The first kappa shape index (κ1) is 11.8. The van der Waals surface area contributed by atoms with Crippen molar-refractivity contribution in [2.75, 3.05) is 13.2 Å². The highest BCUT2D eigenvalue weighted by atomic mass is 16.5. The largest absolute Gasteiger partial charge is 0.427 e. The van der Waals surface area contributed by atoms with Crippen LogP contribution in [0.1, 0.15) is 27.7 Å². The third-order valence-corrected chi connectivity index (χ3v) is 2.87. The second-order valence-electron chi connectivity index (χ2n) is 4.74. The van der Waals surface area contributed by atoms with Crippen LogP contribution in [-0.2, 0) is 9.39 Å². The Balaban J connectivity index is 2.43. The van der Waals surface area contributed by atoms with E-state index in [9.17, 15) is 5.11 Å². The highest BCUT2D eigenvalue weighted by Crippen LogP contribution is 2.25. The molecule has 0 amide bonds. The second kappa shape index (κ2) is 4.05. The molecular weight excluding hydrogens is 179 g/mol. The van der Waals surface area contributed by atoms with E-state index < -0.39 is 11.2 Å². The van der Waals surface area contributed by atoms with E-state index in [1.807, 2.05) is 19.9 Å². The smallest absolute Gasteiger partial charge is 0.307 e. The summed E-state index contributed by atoms with van der Waals surface area (Å²) in [5.41, 5.74) is -0.231. The Kier molecular flexibility index (Phi) is 3.40. The Morgan fingerprint density at radius 3 is 2.50 bits per heavy atom. The molecule has 0 bridgehead atoms. The maximum Gasteiger partial charge on any atom is 0.307 e. The third-order valence-electron chi connectivity index (χ3n) is 2.87. The topological polar surface area (TPSA) is 38.7 Å². The molecule has 0 saturated heterocycles. The van der Waals surface area contributed by atoms with Crippen LogP contribution in [0.25, 0.3) is 0 Å². The molecule has 0 aliphatic carbocycles. The summed E-state index contributed by atoms with van der Waals surface area (Å²) in [5.74, 6) is 0. The van der Waals surface area contributed by atoms with Gasteiger partial charge in [-0.1, -0.05) is 11.5 Å². The van der Waals surface area contributed by atoms with Crippen LogP contribution in [0.2, 0.25) is 0 Å². The molecule has 0 saturated carbocycles. The molecule has 1 aliphatic rings. The summed E-state index contributed by atoms with van der Waals surface area (Å²) in [4.78, 5) is 0. The van der Waals surface area contributed by atoms with E-state index in [1.54, 1.807) is 13.8 Å². The quantitative estimate of drug-likeness (QED) is 0.679. The first-order valence-electron chi connectivity index (χ1n) is 4.95. The van der Waals surface area contributed by atoms with Crippen molar-refractivity contribution in [1.29, 1.82) is 0 Å². The Labute approximate surface area is 86.4 Å². The summed E-state index contributed by atoms with van der Waals surface area (Å²) in [6.45, 7) is 8.63. The zero-order chi connectivity index (χ0) is 10.8. The fraction of sp³-hybridized carbons (Fsp3) is 0.800. The molecule has 0 aromatic rings. The molecule has 1 heterocycles. The average Bonchev–Trinajstić information content (AvgIpc) is 2.50. The molecule has 0 spiro atoms. The molecule has 14 heavy (non-hydrogen) atoms. The van der Waals surface area contributed by atoms with Crippen LogP contribution in [-0.4, -0.2) is 37.0 Å². The summed E-state index contributed by atoms with van der Waals surface area (Å²) in [6, 6.07) is 0. The Bertz CT molecular complexity index is 228. The van der Waals surface area contributed by atoms with E-state index in [4.69, 9.17) is 9.39 Å². The van der Waals surface area contributed by atoms with Crippen LogP contribution in [0.3, 0.4) is 0 Å². The predicted molar refractivity (Wildman–Crippen MR) is 57.5 cm³/mol. The van der Waals surface area contributed by atoms with E-state index in [0.717, 1.165) is 5.47 Å². The van der Waals surface area contributed by atoms with Gasteiger partial charge in [0.25, 0.3) is 0 Å². The highest BCUT2D eigenvalue weighted by Gasteiger charge is 2.35. The summed E-state index contributed by atoms with van der Waals surface area (Å²) in [6.07, 6.45) is 2.03. The van der Waals surface area contributed by atoms with Gasteiger partial charge in [-0.25, -0.2) is 0 Å². The summed E-state index contributed by atoms with van der Waals surface area (Å²) in [5, 5.41) is 9.84. The van der Waals surface area contributed by atoms with Crippen LogP contribution in [0.15, 0.2) is 11.5 Å². The average molecular weight is 198 g/mol. The van der Waals surface area contributed by atoms with E-state index in [0.29, 0.717) is 20.7 Å². The van der Waals surface area contributed by atoms with Gasteiger partial charge in [-0.2, -0.15) is 0 Å². The molecule has 1 rings (SSSR count). The fourth-order valence-electron chi connectivity index (χ4n) is 0.976. The van der Waals surface area contributed by atoms with Gasteiger partial charge in [-0.05, 0) is 27.7 Å². The molecule has 0 aromatic heterocycles. The molecule has 0 unspecified atom stereocenters. The van der Waals surface area contributed by atoms with Gasteiger partial charge in [-0.15, -0.1) is 0 Å². The highest BCUT2D eigenvalue weighted by molar-refractivity contribution is 6.38. The molecule has 3 nitrogen and oxygen atoms in total. The van der Waals surface area contributed by atoms with Gasteiger partial charge in [0, 0.05) is 0 Å². The molecule has 0 radical (unpaired) electrons. The first-order valence-corrected chi connectivity index (χ1v) is 4.95. The minimum atomic E-state index is -0.840. The van der Waals surface area contributed by atoms with Crippen molar-refractivity contribution >= 4 is 7.48 Å². The van der Waals surface area contributed by atoms with E-state index in [-0.39, 0.29) is 0 Å². The lowest BCUT2D eigenvalue weighted by Gasteiger charge is -2.37. The lowest BCUT2D eigenvalue weighted by Crippen LogP contribution is -2.48. The van der Waals surface area contributed by atoms with Crippen LogP contribution >= 0.6 is 0 Å². The molecule has 1 N–H and O–H groups in total. The summed E-state index contributed by atoms with van der Waals surface area (Å²) >= 11 is 0. The van der Waals surface area contributed by atoms with Crippen LogP contribution < -0.4 is 0 Å². The number of aliphatic hydroxyl groups is 1. The number of rotatable bonds is 4. The van der Waals surface area contributed by atoms with Crippen molar-refractivity contribution in [2.24, 2.45) is 0 Å². The summed E-state index contributed by atoms with van der Waals surface area (Å²) < 4.78 is 10.9. The van der Waals surface area contributed by atoms with Gasteiger partial charge in [0.2, 0.25) is 0 Å². The van der Waals surface area contributed by atoms with Gasteiger partial charge in [0.1, 0.15) is 0 Å². The molecule has 1 aliphatic heterocycles. The standard InChI is InChI=1S/C10H19BO3/c1-9(2,12)10(3,4)14-11-8-5-6-13-7-8/h5,11-12H,6-7H2,1-4H3. The summed E-state index contributed by atoms with van der Waals surface area (Å²) in [7, 11) is 0.539. The lowest BCUT2D eigenvalue weighted by atomic mass is 9.83. The van der Waals surface area contributed by atoms with E-state index in [1.165, 1.54) is 0 Å². The van der Waals surface area contributed by atoms with Gasteiger partial charge < -0.3 is 14.5 Å². The third kappa shape index (κ3) is 2.84. The Morgan fingerprint density at radius 2 is 2.07 bits per heavy atom. The van der Waals surface area contributed by atoms with Crippen molar-refractivity contribution in [3.05, 3.63) is 11.5 Å². The van der Waals surface area contributed by atoms with Crippen molar-refractivity contribution < 1.29 is 14.5 Å². The van der Waals surface area contributed by atoms with E-state index >= 15 is 0 Å². The second-order valence-corrected chi connectivity index (χ2v) is 4.74. The number of ether oxygens (including phenoxy) is 1. The molecule has 0 atom stereocenters. The maximum atomic E-state index is 9.84. The van der Waals surface area contributed by atoms with E-state index in [2.05, 4.69) is 0 Å². The van der Waals surface area contributed by atoms with Gasteiger partial charge in [-0.3, -0.25) is 0 Å². The molecule has 4 heteroatoms. The monoisotopic (exact) mass is 198 g/mol. The lowest BCUT2D eigenvalue weighted by molar-refractivity contribution is -0.0897. The zero-order valence-corrected chi connectivity index (χ0v) is 9.46. The van der Waals surface area contributed by atoms with Crippen molar-refractivity contribution in [3.63, 3.8) is 0 Å². The molecule has 80 valence electrons. The fourth-order valence-corrected chi connectivity index (χ4v) is 0.976. The SMILES string of the molecule is CC(C)(O)C(C)(C)OBC1=CCOC1. The van der Waals surface area contributed by atoms with Crippen LogP contribution in [0, 0.1) is 0 Å². The maximum absolute atomic E-state index is 9.84. The van der Waals surface area contributed by atoms with Gasteiger partial charge >= 0.3 is 7.48 Å². The normalized spacial score (nSPS) is 18.2. The molecule has 0 fully saturated rings. The van der Waals surface area contributed by atoms with Gasteiger partial charge in [0.05, 0.1) is 24.4 Å². The van der Waals surface area contributed by atoms with Crippen LogP contribution in [0.5, 0.6) is 0 Å². The van der Waals surface area contributed by atoms with Crippen molar-refractivity contribution in [1.82, 2.24) is 0 Å².